The maximum Gasteiger partial charge on any atom is 0.243 e. The number of nitrogens with zero attached hydrogens (tertiary/aromatic N) is 2. The molecule has 2 heterocycles. The van der Waals surface area contributed by atoms with E-state index in [4.69, 9.17) is 0 Å². The van der Waals surface area contributed by atoms with Gasteiger partial charge in [0.1, 0.15) is 0 Å². The minimum atomic E-state index is -3.51. The molecule has 1 saturated heterocycles. The van der Waals surface area contributed by atoms with Crippen LogP contribution in [0.25, 0.3) is 10.2 Å². The zero-order valence-corrected chi connectivity index (χ0v) is 17.1. The van der Waals surface area contributed by atoms with Crippen molar-refractivity contribution in [2.75, 3.05) is 18.4 Å². The van der Waals surface area contributed by atoms with Crippen LogP contribution >= 0.6 is 11.3 Å². The molecule has 28 heavy (non-hydrogen) atoms. The van der Waals surface area contributed by atoms with E-state index >= 15 is 0 Å². The van der Waals surface area contributed by atoms with Crippen molar-refractivity contribution in [1.29, 1.82) is 0 Å². The summed E-state index contributed by atoms with van der Waals surface area (Å²) in [7, 11) is -3.51. The Morgan fingerprint density at radius 3 is 2.57 bits per heavy atom. The number of fused-ring (bicyclic) bond motifs is 1. The summed E-state index contributed by atoms with van der Waals surface area (Å²) < 4.78 is 28.1. The number of piperidine rings is 1. The first-order valence-corrected chi connectivity index (χ1v) is 11.5. The van der Waals surface area contributed by atoms with Gasteiger partial charge in [0, 0.05) is 24.7 Å². The van der Waals surface area contributed by atoms with Gasteiger partial charge in [-0.25, -0.2) is 13.4 Å². The van der Waals surface area contributed by atoms with Gasteiger partial charge in [0.15, 0.2) is 0 Å². The number of rotatable bonds is 4. The minimum Gasteiger partial charge on any atom is -0.326 e. The van der Waals surface area contributed by atoms with Gasteiger partial charge in [0.25, 0.3) is 0 Å². The van der Waals surface area contributed by atoms with E-state index in [2.05, 4.69) is 10.3 Å². The maximum atomic E-state index is 12.8. The first kappa shape index (κ1) is 19.0. The summed E-state index contributed by atoms with van der Waals surface area (Å²) in [6.07, 6.45) is 1.02. The second-order valence-corrected chi connectivity index (χ2v) is 9.84. The van der Waals surface area contributed by atoms with Crippen LogP contribution < -0.4 is 5.32 Å². The van der Waals surface area contributed by atoms with Gasteiger partial charge < -0.3 is 5.32 Å². The molecule has 1 amide bonds. The van der Waals surface area contributed by atoms with Gasteiger partial charge in [-0.05, 0) is 50.1 Å². The van der Waals surface area contributed by atoms with Crippen molar-refractivity contribution in [1.82, 2.24) is 9.29 Å². The molecule has 3 aromatic rings. The van der Waals surface area contributed by atoms with E-state index in [1.165, 1.54) is 4.31 Å². The second kappa shape index (κ2) is 7.62. The molecule has 0 atom stereocenters. The highest BCUT2D eigenvalue weighted by molar-refractivity contribution is 7.89. The Morgan fingerprint density at radius 1 is 1.14 bits per heavy atom. The van der Waals surface area contributed by atoms with E-state index in [1.54, 1.807) is 41.1 Å². The number of aromatic nitrogens is 1. The van der Waals surface area contributed by atoms with Crippen LogP contribution in [0.15, 0.2) is 52.9 Å². The summed E-state index contributed by atoms with van der Waals surface area (Å²) in [5.74, 6) is -0.266. The third-order valence-corrected chi connectivity index (χ3v) is 7.80. The molecule has 8 heteroatoms. The smallest absolute Gasteiger partial charge is 0.243 e. The molecule has 0 aliphatic carbocycles. The molecule has 0 radical (unpaired) electrons. The summed E-state index contributed by atoms with van der Waals surface area (Å²) in [4.78, 5) is 17.2. The Hall–Kier alpha value is -2.29. The van der Waals surface area contributed by atoms with Crippen LogP contribution in [0.3, 0.4) is 0 Å². The predicted octanol–water partition coefficient (Wildman–Crippen LogP) is 3.64. The van der Waals surface area contributed by atoms with Gasteiger partial charge in [-0.15, -0.1) is 11.3 Å². The number of amides is 1. The Kier molecular flexibility index (Phi) is 5.18. The summed E-state index contributed by atoms with van der Waals surface area (Å²) in [6, 6.07) is 12.5. The monoisotopic (exact) mass is 415 g/mol. The van der Waals surface area contributed by atoms with Crippen LogP contribution in [0.1, 0.15) is 18.4 Å². The van der Waals surface area contributed by atoms with E-state index in [0.29, 0.717) is 30.8 Å². The highest BCUT2D eigenvalue weighted by Gasteiger charge is 2.32. The molecule has 1 N–H and O–H groups in total. The molecule has 1 aromatic heterocycles. The summed E-state index contributed by atoms with van der Waals surface area (Å²) in [6.45, 7) is 2.62. The Morgan fingerprint density at radius 2 is 1.86 bits per heavy atom. The van der Waals surface area contributed by atoms with Crippen LogP contribution in [-0.2, 0) is 14.8 Å². The lowest BCUT2D eigenvalue weighted by atomic mass is 9.97. The van der Waals surface area contributed by atoms with Crippen LogP contribution in [0.2, 0.25) is 0 Å². The number of nitrogens with one attached hydrogen (secondary N) is 1. The van der Waals surface area contributed by atoms with Gasteiger partial charge in [0.05, 0.1) is 20.6 Å². The Labute approximate surface area is 168 Å². The SMILES string of the molecule is Cc1ccc(S(=O)(=O)N2CCC(C(=O)Nc3ccc4scnc4c3)CC2)cc1. The van der Waals surface area contributed by atoms with Crippen molar-refractivity contribution in [2.45, 2.75) is 24.7 Å². The van der Waals surface area contributed by atoms with Crippen LogP contribution in [0.5, 0.6) is 0 Å². The Bertz CT molecular complexity index is 1100. The highest BCUT2D eigenvalue weighted by atomic mass is 32.2. The molecule has 0 saturated carbocycles. The number of carbonyl (C=O) groups excluding carboxylic acids is 1. The third kappa shape index (κ3) is 3.80. The molecule has 1 fully saturated rings. The van der Waals surface area contributed by atoms with Crippen molar-refractivity contribution in [2.24, 2.45) is 5.92 Å². The van der Waals surface area contributed by atoms with Crippen LogP contribution in [0.4, 0.5) is 5.69 Å². The van der Waals surface area contributed by atoms with Crippen molar-refractivity contribution < 1.29 is 13.2 Å². The molecule has 1 aliphatic heterocycles. The number of aryl methyl sites for hydroxylation is 1. The van der Waals surface area contributed by atoms with Gasteiger partial charge in [0.2, 0.25) is 15.9 Å². The van der Waals surface area contributed by atoms with Crippen molar-refractivity contribution in [3.05, 3.63) is 53.5 Å². The van der Waals surface area contributed by atoms with Crippen LogP contribution in [-0.4, -0.2) is 36.7 Å². The zero-order chi connectivity index (χ0) is 19.7. The number of sulfonamides is 1. The fourth-order valence-corrected chi connectivity index (χ4v) is 5.53. The first-order valence-electron chi connectivity index (χ1n) is 9.14. The third-order valence-electron chi connectivity index (χ3n) is 5.08. The first-order chi connectivity index (χ1) is 13.4. The number of hydrogen-bond donors (Lipinski definition) is 1. The van der Waals surface area contributed by atoms with Crippen LogP contribution in [0, 0.1) is 12.8 Å². The van der Waals surface area contributed by atoms with E-state index in [1.807, 2.05) is 25.1 Å². The van der Waals surface area contributed by atoms with Gasteiger partial charge >= 0.3 is 0 Å². The summed E-state index contributed by atoms with van der Waals surface area (Å²) in [5.41, 5.74) is 4.38. The number of hydrogen-bond acceptors (Lipinski definition) is 5. The average Bonchev–Trinajstić information content (AvgIpc) is 3.16. The minimum absolute atomic E-state index is 0.0676. The fraction of sp³-hybridized carbons (Fsp3) is 0.300. The van der Waals surface area contributed by atoms with Crippen molar-refractivity contribution >= 4 is 43.2 Å². The van der Waals surface area contributed by atoms with Gasteiger partial charge in [-0.1, -0.05) is 17.7 Å². The molecule has 0 bridgehead atoms. The Balaban J connectivity index is 1.39. The summed E-state index contributed by atoms with van der Waals surface area (Å²) >= 11 is 1.56. The normalized spacial score (nSPS) is 16.3. The predicted molar refractivity (Wildman–Crippen MR) is 111 cm³/mol. The highest BCUT2D eigenvalue weighted by Crippen LogP contribution is 2.26. The largest absolute Gasteiger partial charge is 0.326 e. The molecule has 6 nitrogen and oxygen atoms in total. The standard InChI is InChI=1S/C20H21N3O3S2/c1-14-2-5-17(6-3-14)28(25,26)23-10-8-15(9-11-23)20(24)22-16-4-7-19-18(12-16)21-13-27-19/h2-7,12-13,15H,8-11H2,1H3,(H,22,24). The van der Waals surface area contributed by atoms with E-state index < -0.39 is 10.0 Å². The zero-order valence-electron chi connectivity index (χ0n) is 15.5. The topological polar surface area (TPSA) is 79.4 Å². The molecule has 146 valence electrons. The average molecular weight is 416 g/mol. The van der Waals surface area contributed by atoms with Crippen molar-refractivity contribution in [3.63, 3.8) is 0 Å². The summed E-state index contributed by atoms with van der Waals surface area (Å²) in [5, 5.41) is 2.94. The molecule has 1 aliphatic rings. The van der Waals surface area contributed by atoms with Gasteiger partial charge in [-0.3, -0.25) is 4.79 Å². The maximum absolute atomic E-state index is 12.8. The molecular weight excluding hydrogens is 394 g/mol. The second-order valence-electron chi connectivity index (χ2n) is 7.02. The number of carbonyl (C=O) groups is 1. The lowest BCUT2D eigenvalue weighted by molar-refractivity contribution is -0.120. The quantitative estimate of drug-likeness (QED) is 0.705. The van der Waals surface area contributed by atoms with Gasteiger partial charge in [-0.2, -0.15) is 4.31 Å². The molecule has 4 rings (SSSR count). The molecular formula is C20H21N3O3S2. The number of benzene rings is 2. The lowest BCUT2D eigenvalue weighted by Gasteiger charge is -2.30. The lowest BCUT2D eigenvalue weighted by Crippen LogP contribution is -2.41. The van der Waals surface area contributed by atoms with Crippen molar-refractivity contribution in [3.8, 4) is 0 Å². The molecule has 0 unspecified atom stereocenters. The number of thiazole rings is 1. The van der Waals surface area contributed by atoms with E-state index in [-0.39, 0.29) is 11.8 Å². The number of anilines is 1. The van der Waals surface area contributed by atoms with E-state index in [9.17, 15) is 13.2 Å². The fourth-order valence-electron chi connectivity index (χ4n) is 3.40. The molecule has 0 spiro atoms. The molecule has 2 aromatic carbocycles. The van der Waals surface area contributed by atoms with E-state index in [0.717, 1.165) is 21.5 Å².